The molecule has 0 saturated heterocycles. The monoisotopic (exact) mass is 295 g/mol. The molecule has 1 saturated carbocycles. The van der Waals surface area contributed by atoms with Gasteiger partial charge in [-0.05, 0) is 30.7 Å². The maximum atomic E-state index is 6.55. The highest BCUT2D eigenvalue weighted by atomic mass is 35.5. The SMILES string of the molecule is CC(C)c1c2c(cc(Cl)c1C1(N)CCC1)OCCCO2. The summed E-state index contributed by atoms with van der Waals surface area (Å²) in [6, 6.07) is 1.89. The summed E-state index contributed by atoms with van der Waals surface area (Å²) in [6.07, 6.45) is 4.05. The molecule has 0 bridgehead atoms. The standard InChI is InChI=1S/C16H22ClNO2/c1-10(2)13-14(16(18)5-3-6-16)11(17)9-12-15(13)20-8-4-7-19-12/h9-10H,3-8,18H2,1-2H3. The fraction of sp³-hybridized carbons (Fsp3) is 0.625. The van der Waals surface area contributed by atoms with Gasteiger partial charge in [0, 0.05) is 28.6 Å². The molecule has 0 radical (unpaired) electrons. The van der Waals surface area contributed by atoms with Crippen molar-refractivity contribution in [3.63, 3.8) is 0 Å². The van der Waals surface area contributed by atoms with Crippen LogP contribution in [-0.4, -0.2) is 13.2 Å². The summed E-state index contributed by atoms with van der Waals surface area (Å²) in [5.74, 6) is 1.93. The number of benzene rings is 1. The third-order valence-corrected chi connectivity index (χ3v) is 4.65. The second-order valence-electron chi connectivity index (χ2n) is 6.19. The molecule has 1 heterocycles. The topological polar surface area (TPSA) is 44.5 Å². The van der Waals surface area contributed by atoms with Gasteiger partial charge in [-0.3, -0.25) is 0 Å². The normalized spacial score (nSPS) is 20.4. The van der Waals surface area contributed by atoms with E-state index in [1.807, 2.05) is 6.07 Å². The van der Waals surface area contributed by atoms with Gasteiger partial charge in [0.2, 0.25) is 0 Å². The Balaban J connectivity index is 2.21. The Hall–Kier alpha value is -0.930. The first-order valence-electron chi connectivity index (χ1n) is 7.44. The largest absolute Gasteiger partial charge is 0.489 e. The van der Waals surface area contributed by atoms with Crippen LogP contribution in [0.15, 0.2) is 6.07 Å². The van der Waals surface area contributed by atoms with Gasteiger partial charge in [0.15, 0.2) is 11.5 Å². The second-order valence-corrected chi connectivity index (χ2v) is 6.60. The fourth-order valence-corrected chi connectivity index (χ4v) is 3.55. The van der Waals surface area contributed by atoms with E-state index in [2.05, 4.69) is 13.8 Å². The Kier molecular flexibility index (Phi) is 3.59. The molecule has 1 fully saturated rings. The molecule has 1 aromatic rings. The summed E-state index contributed by atoms with van der Waals surface area (Å²) in [7, 11) is 0. The second kappa shape index (κ2) is 5.12. The van der Waals surface area contributed by atoms with E-state index in [0.29, 0.717) is 19.1 Å². The lowest BCUT2D eigenvalue weighted by atomic mass is 9.70. The summed E-state index contributed by atoms with van der Waals surface area (Å²) in [6.45, 7) is 5.68. The third kappa shape index (κ3) is 2.17. The van der Waals surface area contributed by atoms with Crippen molar-refractivity contribution < 1.29 is 9.47 Å². The van der Waals surface area contributed by atoms with E-state index < -0.39 is 0 Å². The molecule has 3 rings (SSSR count). The zero-order chi connectivity index (χ0) is 14.3. The van der Waals surface area contributed by atoms with E-state index in [4.69, 9.17) is 26.8 Å². The highest BCUT2D eigenvalue weighted by molar-refractivity contribution is 6.32. The van der Waals surface area contributed by atoms with Gasteiger partial charge < -0.3 is 15.2 Å². The van der Waals surface area contributed by atoms with Crippen molar-refractivity contribution in [2.45, 2.75) is 51.0 Å². The van der Waals surface area contributed by atoms with Crippen LogP contribution in [0.3, 0.4) is 0 Å². The molecule has 0 atom stereocenters. The average molecular weight is 296 g/mol. The molecule has 0 spiro atoms. The molecular weight excluding hydrogens is 274 g/mol. The highest BCUT2D eigenvalue weighted by Crippen LogP contribution is 2.51. The third-order valence-electron chi connectivity index (χ3n) is 4.35. The van der Waals surface area contributed by atoms with Gasteiger partial charge in [0.1, 0.15) is 0 Å². The number of hydrogen-bond donors (Lipinski definition) is 1. The minimum atomic E-state index is -0.290. The minimum absolute atomic E-state index is 0.290. The van der Waals surface area contributed by atoms with Crippen LogP contribution in [0.2, 0.25) is 5.02 Å². The minimum Gasteiger partial charge on any atom is -0.489 e. The van der Waals surface area contributed by atoms with Gasteiger partial charge >= 0.3 is 0 Å². The summed E-state index contributed by atoms with van der Waals surface area (Å²) >= 11 is 6.55. The van der Waals surface area contributed by atoms with Crippen molar-refractivity contribution >= 4 is 11.6 Å². The van der Waals surface area contributed by atoms with Crippen molar-refractivity contribution in [3.8, 4) is 11.5 Å². The van der Waals surface area contributed by atoms with Crippen LogP contribution in [0.1, 0.15) is 56.6 Å². The summed E-state index contributed by atoms with van der Waals surface area (Å²) < 4.78 is 11.8. The van der Waals surface area contributed by atoms with Gasteiger partial charge in [0.25, 0.3) is 0 Å². The van der Waals surface area contributed by atoms with E-state index in [1.165, 1.54) is 6.42 Å². The van der Waals surface area contributed by atoms with Crippen LogP contribution in [0.5, 0.6) is 11.5 Å². The average Bonchev–Trinajstić information content (AvgIpc) is 2.59. The first-order chi connectivity index (χ1) is 9.53. The maximum absolute atomic E-state index is 6.55. The maximum Gasteiger partial charge on any atom is 0.165 e. The molecule has 0 amide bonds. The Morgan fingerprint density at radius 2 is 1.90 bits per heavy atom. The molecule has 1 aromatic carbocycles. The van der Waals surface area contributed by atoms with Gasteiger partial charge in [-0.1, -0.05) is 25.4 Å². The molecule has 3 nitrogen and oxygen atoms in total. The van der Waals surface area contributed by atoms with Crippen molar-refractivity contribution in [3.05, 3.63) is 22.2 Å². The smallest absolute Gasteiger partial charge is 0.165 e. The Morgan fingerprint density at radius 3 is 2.50 bits per heavy atom. The van der Waals surface area contributed by atoms with Crippen molar-refractivity contribution in [1.29, 1.82) is 0 Å². The summed E-state index contributed by atoms with van der Waals surface area (Å²) in [5, 5.41) is 0.722. The zero-order valence-electron chi connectivity index (χ0n) is 12.2. The Labute approximate surface area is 125 Å². The first kappa shape index (κ1) is 14.0. The van der Waals surface area contributed by atoms with Crippen molar-refractivity contribution in [1.82, 2.24) is 0 Å². The zero-order valence-corrected chi connectivity index (χ0v) is 12.9. The molecule has 1 aliphatic heterocycles. The van der Waals surface area contributed by atoms with Gasteiger partial charge in [-0.2, -0.15) is 0 Å². The lowest BCUT2D eigenvalue weighted by Gasteiger charge is -2.41. The number of rotatable bonds is 2. The number of fused-ring (bicyclic) bond motifs is 1. The lowest BCUT2D eigenvalue weighted by molar-refractivity contribution is 0.248. The van der Waals surface area contributed by atoms with Crippen LogP contribution >= 0.6 is 11.6 Å². The summed E-state index contributed by atoms with van der Waals surface area (Å²) in [4.78, 5) is 0. The highest BCUT2D eigenvalue weighted by Gasteiger charge is 2.40. The quantitative estimate of drug-likeness (QED) is 0.898. The molecule has 20 heavy (non-hydrogen) atoms. The number of hydrogen-bond acceptors (Lipinski definition) is 3. The first-order valence-corrected chi connectivity index (χ1v) is 7.82. The Bertz CT molecular complexity index is 524. The summed E-state index contributed by atoms with van der Waals surface area (Å²) in [5.41, 5.74) is 8.47. The molecule has 2 N–H and O–H groups in total. The molecular formula is C16H22ClNO2. The van der Waals surface area contributed by atoms with Crippen LogP contribution in [0, 0.1) is 0 Å². The predicted octanol–water partition coefficient (Wildman–Crippen LogP) is 3.96. The lowest BCUT2D eigenvalue weighted by Crippen LogP contribution is -2.44. The van der Waals surface area contributed by atoms with E-state index >= 15 is 0 Å². The van der Waals surface area contributed by atoms with Crippen LogP contribution < -0.4 is 15.2 Å². The Morgan fingerprint density at radius 1 is 1.20 bits per heavy atom. The molecule has 2 aliphatic rings. The van der Waals surface area contributed by atoms with E-state index in [-0.39, 0.29) is 5.54 Å². The van der Waals surface area contributed by atoms with Crippen LogP contribution in [0.4, 0.5) is 0 Å². The van der Waals surface area contributed by atoms with Crippen molar-refractivity contribution in [2.24, 2.45) is 5.73 Å². The molecule has 110 valence electrons. The van der Waals surface area contributed by atoms with Crippen LogP contribution in [0.25, 0.3) is 0 Å². The van der Waals surface area contributed by atoms with E-state index in [9.17, 15) is 0 Å². The van der Waals surface area contributed by atoms with Crippen molar-refractivity contribution in [2.75, 3.05) is 13.2 Å². The van der Waals surface area contributed by atoms with E-state index in [0.717, 1.165) is 46.9 Å². The number of ether oxygens (including phenoxy) is 2. The van der Waals surface area contributed by atoms with Gasteiger partial charge in [-0.25, -0.2) is 0 Å². The number of nitrogens with two attached hydrogens (primary N) is 1. The predicted molar refractivity (Wildman–Crippen MR) is 80.9 cm³/mol. The molecule has 1 aliphatic carbocycles. The van der Waals surface area contributed by atoms with Gasteiger partial charge in [0.05, 0.1) is 13.2 Å². The molecule has 0 unspecified atom stereocenters. The fourth-order valence-electron chi connectivity index (χ4n) is 3.16. The molecule has 0 aromatic heterocycles. The van der Waals surface area contributed by atoms with E-state index in [1.54, 1.807) is 0 Å². The van der Waals surface area contributed by atoms with Crippen LogP contribution in [-0.2, 0) is 5.54 Å². The van der Waals surface area contributed by atoms with Gasteiger partial charge in [-0.15, -0.1) is 0 Å². The number of halogens is 1. The molecule has 4 heteroatoms.